The van der Waals surface area contributed by atoms with Crippen molar-refractivity contribution < 1.29 is 14.3 Å². The van der Waals surface area contributed by atoms with Crippen LogP contribution in [0.5, 0.6) is 11.5 Å². The summed E-state index contributed by atoms with van der Waals surface area (Å²) in [6, 6.07) is 12.6. The predicted octanol–water partition coefficient (Wildman–Crippen LogP) is 4.37. The molecule has 1 unspecified atom stereocenters. The first-order valence-electron chi connectivity index (χ1n) is 7.01. The second kappa shape index (κ2) is 8.22. The third-order valence-electron chi connectivity index (χ3n) is 3.23. The molecule has 0 spiro atoms. The lowest BCUT2D eigenvalue weighted by molar-refractivity contribution is -0.123. The monoisotopic (exact) mass is 397 g/mol. The molecule has 0 aliphatic rings. The Labute approximate surface area is 148 Å². The molecule has 4 nitrogen and oxygen atoms in total. The molecule has 0 bridgehead atoms. The lowest BCUT2D eigenvalue weighted by atomic mass is 10.1. The normalized spacial score (nSPS) is 11.7. The van der Waals surface area contributed by atoms with E-state index >= 15 is 0 Å². The van der Waals surface area contributed by atoms with Crippen molar-refractivity contribution in [1.29, 1.82) is 0 Å². The Hall–Kier alpha value is -1.72. The van der Waals surface area contributed by atoms with Crippen LogP contribution in [0.2, 0.25) is 5.02 Å². The summed E-state index contributed by atoms with van der Waals surface area (Å²) in [6.45, 7) is 1.78. The Kier molecular flexibility index (Phi) is 6.30. The van der Waals surface area contributed by atoms with Gasteiger partial charge >= 0.3 is 0 Å². The number of carbonyl (C=O) groups is 1. The fraction of sp³-hybridized carbons (Fsp3) is 0.235. The number of rotatable bonds is 6. The van der Waals surface area contributed by atoms with E-state index in [4.69, 9.17) is 21.1 Å². The number of hydrogen-bond donors (Lipinski definition) is 1. The molecule has 6 heteroatoms. The fourth-order valence-corrected chi connectivity index (χ4v) is 2.63. The lowest BCUT2D eigenvalue weighted by Crippen LogP contribution is -2.31. The highest BCUT2D eigenvalue weighted by Gasteiger charge is 2.14. The Bertz CT molecular complexity index is 693. The van der Waals surface area contributed by atoms with Crippen LogP contribution in [0.3, 0.4) is 0 Å². The van der Waals surface area contributed by atoms with Crippen LogP contribution in [0.1, 0.15) is 18.5 Å². The molecule has 0 saturated carbocycles. The van der Waals surface area contributed by atoms with Crippen molar-refractivity contribution in [2.24, 2.45) is 0 Å². The Morgan fingerprint density at radius 1 is 1.26 bits per heavy atom. The number of hydrogen-bond acceptors (Lipinski definition) is 3. The van der Waals surface area contributed by atoms with Gasteiger partial charge in [0, 0.05) is 10.0 Å². The second-order valence-corrected chi connectivity index (χ2v) is 6.22. The van der Waals surface area contributed by atoms with Crippen LogP contribution in [0.25, 0.3) is 0 Å². The molecule has 0 saturated heterocycles. The van der Waals surface area contributed by atoms with Gasteiger partial charge in [0.1, 0.15) is 11.5 Å². The van der Waals surface area contributed by atoms with E-state index in [2.05, 4.69) is 21.2 Å². The van der Waals surface area contributed by atoms with E-state index in [9.17, 15) is 4.79 Å². The van der Waals surface area contributed by atoms with Crippen molar-refractivity contribution >= 4 is 33.4 Å². The fourth-order valence-electron chi connectivity index (χ4n) is 2.12. The smallest absolute Gasteiger partial charge is 0.258 e. The number of nitrogens with one attached hydrogen (secondary N) is 1. The van der Waals surface area contributed by atoms with E-state index in [-0.39, 0.29) is 18.6 Å². The summed E-state index contributed by atoms with van der Waals surface area (Å²) in [7, 11) is 1.60. The lowest BCUT2D eigenvalue weighted by Gasteiger charge is -2.17. The molecule has 0 heterocycles. The van der Waals surface area contributed by atoms with Gasteiger partial charge < -0.3 is 14.8 Å². The molecule has 1 atom stereocenters. The number of halogens is 2. The van der Waals surface area contributed by atoms with Crippen molar-refractivity contribution in [3.8, 4) is 11.5 Å². The maximum Gasteiger partial charge on any atom is 0.258 e. The van der Waals surface area contributed by atoms with Crippen LogP contribution in [0.15, 0.2) is 46.9 Å². The van der Waals surface area contributed by atoms with Crippen LogP contribution in [-0.4, -0.2) is 19.6 Å². The van der Waals surface area contributed by atoms with Crippen molar-refractivity contribution in [3.05, 3.63) is 57.5 Å². The van der Waals surface area contributed by atoms with Gasteiger partial charge in [0.05, 0.1) is 18.2 Å². The molecule has 2 aromatic carbocycles. The number of para-hydroxylation sites is 1. The van der Waals surface area contributed by atoms with E-state index in [0.29, 0.717) is 10.8 Å². The van der Waals surface area contributed by atoms with Crippen molar-refractivity contribution in [2.75, 3.05) is 13.7 Å². The highest BCUT2D eigenvalue weighted by atomic mass is 79.9. The quantitative estimate of drug-likeness (QED) is 0.786. The summed E-state index contributed by atoms with van der Waals surface area (Å²) < 4.78 is 11.6. The Morgan fingerprint density at radius 2 is 2.00 bits per heavy atom. The molecule has 0 aromatic heterocycles. The SMILES string of the molecule is COc1ccccc1C(C)NC(=O)COc1cc(Br)ccc1Cl. The van der Waals surface area contributed by atoms with Crippen LogP contribution in [0.4, 0.5) is 0 Å². The number of carbonyl (C=O) groups excluding carboxylic acids is 1. The third-order valence-corrected chi connectivity index (χ3v) is 4.04. The van der Waals surface area contributed by atoms with Gasteiger partial charge in [-0.3, -0.25) is 4.79 Å². The number of benzene rings is 2. The van der Waals surface area contributed by atoms with Crippen LogP contribution in [0, 0.1) is 0 Å². The summed E-state index contributed by atoms with van der Waals surface area (Å²) in [5, 5.41) is 3.33. The maximum atomic E-state index is 12.1. The minimum absolute atomic E-state index is 0.115. The van der Waals surface area contributed by atoms with Crippen molar-refractivity contribution in [3.63, 3.8) is 0 Å². The minimum Gasteiger partial charge on any atom is -0.496 e. The molecule has 0 fully saturated rings. The van der Waals surface area contributed by atoms with Crippen LogP contribution in [-0.2, 0) is 4.79 Å². The van der Waals surface area contributed by atoms with Gasteiger partial charge in [-0.15, -0.1) is 0 Å². The molecule has 0 aliphatic carbocycles. The Morgan fingerprint density at radius 3 is 2.74 bits per heavy atom. The zero-order chi connectivity index (χ0) is 16.8. The first kappa shape index (κ1) is 17.6. The molecule has 23 heavy (non-hydrogen) atoms. The van der Waals surface area contributed by atoms with E-state index in [1.807, 2.05) is 31.2 Å². The topological polar surface area (TPSA) is 47.6 Å². The summed E-state index contributed by atoms with van der Waals surface area (Å²) in [4.78, 5) is 12.1. The van der Waals surface area contributed by atoms with Gasteiger partial charge in [-0.25, -0.2) is 0 Å². The number of ether oxygens (including phenoxy) is 2. The Balaban J connectivity index is 1.95. The van der Waals surface area contributed by atoms with Gasteiger partial charge in [-0.2, -0.15) is 0 Å². The first-order chi connectivity index (χ1) is 11.0. The predicted molar refractivity (Wildman–Crippen MR) is 94.2 cm³/mol. The summed E-state index contributed by atoms with van der Waals surface area (Å²) in [5.41, 5.74) is 0.906. The molecule has 1 amide bonds. The number of amides is 1. The molecule has 122 valence electrons. The molecule has 1 N–H and O–H groups in total. The van der Waals surface area contributed by atoms with Gasteiger partial charge in [0.2, 0.25) is 0 Å². The van der Waals surface area contributed by atoms with Gasteiger partial charge in [0.15, 0.2) is 6.61 Å². The minimum atomic E-state index is -0.237. The van der Waals surface area contributed by atoms with Crippen molar-refractivity contribution in [2.45, 2.75) is 13.0 Å². The van der Waals surface area contributed by atoms with E-state index in [1.54, 1.807) is 25.3 Å². The van der Waals surface area contributed by atoms with E-state index in [1.165, 1.54) is 0 Å². The number of methoxy groups -OCH3 is 1. The highest BCUT2D eigenvalue weighted by molar-refractivity contribution is 9.10. The zero-order valence-corrected chi connectivity index (χ0v) is 15.1. The van der Waals surface area contributed by atoms with Gasteiger partial charge in [-0.1, -0.05) is 45.7 Å². The maximum absolute atomic E-state index is 12.1. The highest BCUT2D eigenvalue weighted by Crippen LogP contribution is 2.28. The molecular formula is C17H17BrClNO3. The van der Waals surface area contributed by atoms with E-state index in [0.717, 1.165) is 15.8 Å². The summed E-state index contributed by atoms with van der Waals surface area (Å²) >= 11 is 9.36. The van der Waals surface area contributed by atoms with Crippen molar-refractivity contribution in [1.82, 2.24) is 5.32 Å². The van der Waals surface area contributed by atoms with E-state index < -0.39 is 0 Å². The van der Waals surface area contributed by atoms with Crippen LogP contribution < -0.4 is 14.8 Å². The first-order valence-corrected chi connectivity index (χ1v) is 8.18. The summed E-state index contributed by atoms with van der Waals surface area (Å²) in [6.07, 6.45) is 0. The average molecular weight is 399 g/mol. The van der Waals surface area contributed by atoms with Gasteiger partial charge in [-0.05, 0) is 31.2 Å². The van der Waals surface area contributed by atoms with Crippen LogP contribution >= 0.6 is 27.5 Å². The van der Waals surface area contributed by atoms with Gasteiger partial charge in [0.25, 0.3) is 5.91 Å². The zero-order valence-electron chi connectivity index (χ0n) is 12.8. The summed E-state index contributed by atoms with van der Waals surface area (Å²) in [5.74, 6) is 0.955. The molecule has 0 aliphatic heterocycles. The second-order valence-electron chi connectivity index (χ2n) is 4.89. The standard InChI is InChI=1S/C17H17BrClNO3/c1-11(13-5-3-4-6-15(13)22-2)20-17(21)10-23-16-9-12(18)7-8-14(16)19/h3-9,11H,10H2,1-2H3,(H,20,21). The molecule has 2 rings (SSSR count). The molecule has 0 radical (unpaired) electrons. The largest absolute Gasteiger partial charge is 0.496 e. The third kappa shape index (κ3) is 4.88. The average Bonchev–Trinajstić information content (AvgIpc) is 2.55. The molecular weight excluding hydrogens is 382 g/mol. The molecule has 2 aromatic rings.